The summed E-state index contributed by atoms with van der Waals surface area (Å²) in [5, 5.41) is 0. The number of esters is 1. The Balaban J connectivity index is 1.94. The summed E-state index contributed by atoms with van der Waals surface area (Å²) in [6.07, 6.45) is 4.56. The van der Waals surface area contributed by atoms with Gasteiger partial charge in [-0.1, -0.05) is 35.4 Å². The van der Waals surface area contributed by atoms with Crippen molar-refractivity contribution in [3.63, 3.8) is 0 Å². The maximum atomic E-state index is 11.3. The van der Waals surface area contributed by atoms with Gasteiger partial charge in [-0.25, -0.2) is 4.79 Å². The number of rotatable bonds is 0. The molecule has 0 N–H and O–H groups in total. The Kier molecular flexibility index (Phi) is 1.71. The first-order valence-electron chi connectivity index (χ1n) is 4.52. The number of ether oxygens (including phenoxy) is 2. The van der Waals surface area contributed by atoms with Gasteiger partial charge in [0, 0.05) is 6.42 Å². The van der Waals surface area contributed by atoms with E-state index in [-0.39, 0.29) is 24.2 Å². The highest BCUT2D eigenvalue weighted by Gasteiger charge is 2.58. The van der Waals surface area contributed by atoms with E-state index in [2.05, 4.69) is 0 Å². The maximum absolute atomic E-state index is 11.3. The van der Waals surface area contributed by atoms with Crippen LogP contribution >= 0.6 is 23.2 Å². The van der Waals surface area contributed by atoms with Crippen LogP contribution in [0.15, 0.2) is 12.2 Å². The van der Waals surface area contributed by atoms with Crippen molar-refractivity contribution in [3.8, 4) is 0 Å². The number of halogens is 2. The highest BCUT2D eigenvalue weighted by Crippen LogP contribution is 2.47. The summed E-state index contributed by atoms with van der Waals surface area (Å²) in [5.74, 6) is -0.783. The molecule has 0 radical (unpaired) electrons. The standard InChI is InChI=1S/C9H8Cl2O3/c10-9(11)4-1-2-5-7(13-5)3-6(4)14-8(9)12/h1-2,4-7H,3H2/t4-,5+,6+,7-/m0/s1. The number of carbonyl (C=O) groups is 1. The fraction of sp³-hybridized carbons (Fsp3) is 0.667. The lowest BCUT2D eigenvalue weighted by atomic mass is 9.98. The topological polar surface area (TPSA) is 38.8 Å². The molecule has 3 nitrogen and oxygen atoms in total. The van der Waals surface area contributed by atoms with Crippen LogP contribution in [-0.2, 0) is 14.3 Å². The zero-order valence-corrected chi connectivity index (χ0v) is 8.66. The van der Waals surface area contributed by atoms with E-state index in [1.165, 1.54) is 0 Å². The Morgan fingerprint density at radius 1 is 1.36 bits per heavy atom. The van der Waals surface area contributed by atoms with Crippen molar-refractivity contribution >= 4 is 29.2 Å². The summed E-state index contributed by atoms with van der Waals surface area (Å²) >= 11 is 11.9. The summed E-state index contributed by atoms with van der Waals surface area (Å²) in [4.78, 5) is 11.3. The second-order valence-corrected chi connectivity index (χ2v) is 5.24. The van der Waals surface area contributed by atoms with Gasteiger partial charge in [-0.15, -0.1) is 0 Å². The van der Waals surface area contributed by atoms with Crippen LogP contribution in [-0.4, -0.2) is 28.6 Å². The molecular formula is C9H8Cl2O3. The predicted molar refractivity (Wildman–Crippen MR) is 50.2 cm³/mol. The molecule has 3 rings (SSSR count). The first kappa shape index (κ1) is 9.01. The highest BCUT2D eigenvalue weighted by atomic mass is 35.5. The Morgan fingerprint density at radius 3 is 2.93 bits per heavy atom. The van der Waals surface area contributed by atoms with Crippen molar-refractivity contribution in [1.29, 1.82) is 0 Å². The van der Waals surface area contributed by atoms with Crippen molar-refractivity contribution in [1.82, 2.24) is 0 Å². The normalized spacial score (nSPS) is 47.7. The lowest BCUT2D eigenvalue weighted by Gasteiger charge is -2.16. The molecule has 0 aromatic rings. The first-order valence-corrected chi connectivity index (χ1v) is 5.27. The average molecular weight is 235 g/mol. The van der Waals surface area contributed by atoms with Crippen LogP contribution in [0.4, 0.5) is 0 Å². The van der Waals surface area contributed by atoms with Gasteiger partial charge < -0.3 is 9.47 Å². The van der Waals surface area contributed by atoms with Crippen molar-refractivity contribution in [2.45, 2.75) is 29.1 Å². The third kappa shape index (κ3) is 1.12. The molecule has 76 valence electrons. The summed E-state index contributed by atoms with van der Waals surface area (Å²) < 4.78 is 9.01. The fourth-order valence-corrected chi connectivity index (χ4v) is 2.59. The molecule has 2 heterocycles. The quantitative estimate of drug-likeness (QED) is 0.276. The van der Waals surface area contributed by atoms with E-state index in [0.717, 1.165) is 0 Å². The van der Waals surface area contributed by atoms with Gasteiger partial charge in [0.15, 0.2) is 0 Å². The molecule has 2 aliphatic heterocycles. The summed E-state index contributed by atoms with van der Waals surface area (Å²) in [5.41, 5.74) is 0. The number of alkyl halides is 2. The monoisotopic (exact) mass is 234 g/mol. The van der Waals surface area contributed by atoms with Crippen LogP contribution < -0.4 is 0 Å². The zero-order valence-electron chi connectivity index (χ0n) is 7.15. The van der Waals surface area contributed by atoms with Crippen LogP contribution in [0.1, 0.15) is 6.42 Å². The minimum Gasteiger partial charge on any atom is -0.459 e. The minimum absolute atomic E-state index is 0.170. The van der Waals surface area contributed by atoms with E-state index in [9.17, 15) is 4.79 Å². The lowest BCUT2D eigenvalue weighted by molar-refractivity contribution is -0.142. The predicted octanol–water partition coefficient (Wildman–Crippen LogP) is 1.43. The van der Waals surface area contributed by atoms with Gasteiger partial charge in [-0.2, -0.15) is 0 Å². The van der Waals surface area contributed by atoms with Gasteiger partial charge in [0.2, 0.25) is 4.33 Å². The maximum Gasteiger partial charge on any atom is 0.343 e. The van der Waals surface area contributed by atoms with Crippen LogP contribution in [0.25, 0.3) is 0 Å². The summed E-state index contributed by atoms with van der Waals surface area (Å²) in [7, 11) is 0. The molecule has 4 atom stereocenters. The molecule has 0 bridgehead atoms. The summed E-state index contributed by atoms with van der Waals surface area (Å²) in [6.45, 7) is 0. The highest BCUT2D eigenvalue weighted by molar-refractivity contribution is 6.58. The van der Waals surface area contributed by atoms with E-state index in [4.69, 9.17) is 32.7 Å². The average Bonchev–Trinajstić information content (AvgIpc) is 2.77. The Bertz CT molecular complexity index is 326. The molecule has 0 aromatic carbocycles. The minimum atomic E-state index is -1.42. The van der Waals surface area contributed by atoms with Gasteiger partial charge >= 0.3 is 5.97 Å². The smallest absolute Gasteiger partial charge is 0.343 e. The Hall–Kier alpha value is -0.250. The fourth-order valence-electron chi connectivity index (χ4n) is 2.07. The summed E-state index contributed by atoms with van der Waals surface area (Å²) in [6, 6.07) is 0. The molecule has 2 fully saturated rings. The molecule has 0 unspecified atom stereocenters. The third-order valence-electron chi connectivity index (χ3n) is 2.94. The number of hydrogen-bond acceptors (Lipinski definition) is 3. The number of fused-ring (bicyclic) bond motifs is 2. The number of hydrogen-bond donors (Lipinski definition) is 0. The van der Waals surface area contributed by atoms with Gasteiger partial charge in [-0.05, 0) is 0 Å². The van der Waals surface area contributed by atoms with Gasteiger partial charge in [0.25, 0.3) is 0 Å². The van der Waals surface area contributed by atoms with Crippen LogP contribution in [0.5, 0.6) is 0 Å². The molecular weight excluding hydrogens is 227 g/mol. The molecule has 0 amide bonds. The van der Waals surface area contributed by atoms with E-state index < -0.39 is 10.3 Å². The molecule has 0 aromatic heterocycles. The second kappa shape index (κ2) is 2.65. The second-order valence-electron chi connectivity index (χ2n) is 3.85. The Morgan fingerprint density at radius 2 is 2.14 bits per heavy atom. The van der Waals surface area contributed by atoms with Crippen LogP contribution in [0.3, 0.4) is 0 Å². The van der Waals surface area contributed by atoms with Crippen molar-refractivity contribution in [2.75, 3.05) is 0 Å². The van der Waals surface area contributed by atoms with Crippen molar-refractivity contribution in [3.05, 3.63) is 12.2 Å². The van der Waals surface area contributed by atoms with E-state index in [1.54, 1.807) is 0 Å². The first-order chi connectivity index (χ1) is 6.59. The number of carbonyl (C=O) groups excluding carboxylic acids is 1. The lowest BCUT2D eigenvalue weighted by Crippen LogP contribution is -2.28. The molecule has 0 spiro atoms. The van der Waals surface area contributed by atoms with Gasteiger partial charge in [-0.3, -0.25) is 0 Å². The van der Waals surface area contributed by atoms with Crippen LogP contribution in [0, 0.1) is 5.92 Å². The molecule has 5 heteroatoms. The molecule has 0 saturated carbocycles. The van der Waals surface area contributed by atoms with Crippen molar-refractivity contribution in [2.24, 2.45) is 5.92 Å². The molecule has 1 aliphatic carbocycles. The van der Waals surface area contributed by atoms with Gasteiger partial charge in [0.05, 0.1) is 12.0 Å². The largest absolute Gasteiger partial charge is 0.459 e. The van der Waals surface area contributed by atoms with E-state index >= 15 is 0 Å². The molecule has 3 aliphatic rings. The van der Waals surface area contributed by atoms with Gasteiger partial charge in [0.1, 0.15) is 12.2 Å². The van der Waals surface area contributed by atoms with Crippen molar-refractivity contribution < 1.29 is 14.3 Å². The molecule has 2 saturated heterocycles. The third-order valence-corrected chi connectivity index (χ3v) is 3.76. The SMILES string of the molecule is O=C1O[C@@H]2C[C@@H]3O[C@@H]3C=C[C@@H]2C1(Cl)Cl. The van der Waals surface area contributed by atoms with Crippen LogP contribution in [0.2, 0.25) is 0 Å². The number of epoxide rings is 1. The Labute approximate surface area is 90.9 Å². The zero-order chi connectivity index (χ0) is 9.92. The molecule has 14 heavy (non-hydrogen) atoms. The van der Waals surface area contributed by atoms with E-state index in [1.807, 2.05) is 12.2 Å². The van der Waals surface area contributed by atoms with E-state index in [0.29, 0.717) is 6.42 Å².